The highest BCUT2D eigenvalue weighted by Crippen LogP contribution is 2.48. The first-order valence-electron chi connectivity index (χ1n) is 11.5. The Bertz CT molecular complexity index is 1290. The number of hydrogen-bond donors (Lipinski definition) is 1. The van der Waals surface area contributed by atoms with Crippen LogP contribution in [0.1, 0.15) is 43.4 Å². The molecular formula is C28H27ClN2O3. The zero-order valence-corrected chi connectivity index (χ0v) is 20.2. The highest BCUT2D eigenvalue weighted by Gasteiger charge is 2.47. The number of Topliss-reactive ketones (excluding diaryl/α,β-unsaturated/α-hetero) is 1. The van der Waals surface area contributed by atoms with Crippen molar-refractivity contribution in [2.75, 3.05) is 10.2 Å². The summed E-state index contributed by atoms with van der Waals surface area (Å²) in [6, 6.07) is 18.1. The molecule has 3 aromatic rings. The van der Waals surface area contributed by atoms with E-state index in [-0.39, 0.29) is 23.5 Å². The van der Waals surface area contributed by atoms with E-state index < -0.39 is 12.0 Å². The molecule has 2 atom stereocenters. The lowest BCUT2D eigenvalue weighted by Crippen LogP contribution is -2.44. The van der Waals surface area contributed by atoms with Gasteiger partial charge in [-0.15, -0.1) is 0 Å². The summed E-state index contributed by atoms with van der Waals surface area (Å²) < 4.78 is 6.07. The quantitative estimate of drug-likeness (QED) is 0.471. The Kier molecular flexibility index (Phi) is 5.61. The highest BCUT2D eigenvalue weighted by molar-refractivity contribution is 6.30. The number of aryl methyl sites for hydroxylation is 1. The van der Waals surface area contributed by atoms with E-state index in [9.17, 15) is 9.59 Å². The summed E-state index contributed by atoms with van der Waals surface area (Å²) >= 11 is 6.05. The normalized spacial score (nSPS) is 21.1. The van der Waals surface area contributed by atoms with Gasteiger partial charge in [0.25, 0.3) is 0 Å². The SMILES string of the molecule is Cc1ccc(C2C3C(=O)CC(C)(C)C=C3Nc3ccccc3N2C(=O)Cc2ccc(Cl)cc2)o1. The fourth-order valence-electron chi connectivity index (χ4n) is 5.05. The number of nitrogens with one attached hydrogen (secondary N) is 1. The maximum absolute atomic E-state index is 14.0. The van der Waals surface area contributed by atoms with E-state index in [0.717, 1.165) is 28.4 Å². The molecule has 1 aliphatic carbocycles. The van der Waals surface area contributed by atoms with Crippen LogP contribution in [0.25, 0.3) is 0 Å². The van der Waals surface area contributed by atoms with Crippen LogP contribution in [0.15, 0.2) is 76.9 Å². The van der Waals surface area contributed by atoms with E-state index in [0.29, 0.717) is 17.2 Å². The van der Waals surface area contributed by atoms with Gasteiger partial charge in [0.2, 0.25) is 5.91 Å². The first-order valence-corrected chi connectivity index (χ1v) is 11.8. The van der Waals surface area contributed by atoms with Crippen molar-refractivity contribution < 1.29 is 14.0 Å². The van der Waals surface area contributed by atoms with Crippen molar-refractivity contribution >= 4 is 34.7 Å². The third-order valence-electron chi connectivity index (χ3n) is 6.48. The molecule has 0 saturated heterocycles. The lowest BCUT2D eigenvalue weighted by Gasteiger charge is -2.38. The molecule has 1 amide bonds. The maximum atomic E-state index is 14.0. The predicted octanol–water partition coefficient (Wildman–Crippen LogP) is 6.48. The van der Waals surface area contributed by atoms with Crippen molar-refractivity contribution in [2.24, 2.45) is 11.3 Å². The molecule has 174 valence electrons. The van der Waals surface area contributed by atoms with Crippen LogP contribution in [0, 0.1) is 18.3 Å². The van der Waals surface area contributed by atoms with E-state index in [4.69, 9.17) is 16.0 Å². The number of benzene rings is 2. The number of rotatable bonds is 3. The van der Waals surface area contributed by atoms with Crippen molar-refractivity contribution in [3.8, 4) is 0 Å². The van der Waals surface area contributed by atoms with Crippen molar-refractivity contribution in [3.63, 3.8) is 0 Å². The zero-order chi connectivity index (χ0) is 24.0. The molecule has 0 saturated carbocycles. The van der Waals surface area contributed by atoms with Crippen LogP contribution in [0.4, 0.5) is 11.4 Å². The summed E-state index contributed by atoms with van der Waals surface area (Å²) in [7, 11) is 0. The molecule has 5 nitrogen and oxygen atoms in total. The molecule has 1 aromatic heterocycles. The van der Waals surface area contributed by atoms with Crippen LogP contribution in [0.5, 0.6) is 0 Å². The molecule has 6 heteroatoms. The van der Waals surface area contributed by atoms with Crippen LogP contribution in [0.2, 0.25) is 5.02 Å². The van der Waals surface area contributed by atoms with Crippen molar-refractivity contribution in [3.05, 3.63) is 94.5 Å². The molecule has 0 radical (unpaired) electrons. The number of amides is 1. The number of furan rings is 1. The van der Waals surface area contributed by atoms with Crippen molar-refractivity contribution in [1.82, 2.24) is 0 Å². The van der Waals surface area contributed by atoms with Gasteiger partial charge in [0.15, 0.2) is 0 Å². The third-order valence-corrected chi connectivity index (χ3v) is 6.74. The fraction of sp³-hybridized carbons (Fsp3) is 0.286. The Morgan fingerprint density at radius 1 is 1.12 bits per heavy atom. The number of carbonyl (C=O) groups excluding carboxylic acids is 2. The second-order valence-electron chi connectivity index (χ2n) is 9.81. The molecule has 5 rings (SSSR count). The van der Waals surface area contributed by atoms with E-state index in [1.54, 1.807) is 17.0 Å². The molecule has 34 heavy (non-hydrogen) atoms. The molecule has 2 heterocycles. The molecule has 0 fully saturated rings. The molecular weight excluding hydrogens is 448 g/mol. The second-order valence-corrected chi connectivity index (χ2v) is 10.2. The maximum Gasteiger partial charge on any atom is 0.232 e. The molecule has 0 bridgehead atoms. The van der Waals surface area contributed by atoms with Crippen LogP contribution in [-0.2, 0) is 16.0 Å². The number of allylic oxidation sites excluding steroid dienone is 1. The Hall–Kier alpha value is -3.31. The van der Waals surface area contributed by atoms with Crippen LogP contribution in [0.3, 0.4) is 0 Å². The Morgan fingerprint density at radius 2 is 1.85 bits per heavy atom. The monoisotopic (exact) mass is 474 g/mol. The van der Waals surface area contributed by atoms with E-state index in [2.05, 4.69) is 25.2 Å². The van der Waals surface area contributed by atoms with Gasteiger partial charge < -0.3 is 9.73 Å². The fourth-order valence-corrected chi connectivity index (χ4v) is 5.18. The largest absolute Gasteiger partial charge is 0.464 e. The van der Waals surface area contributed by atoms with Crippen LogP contribution in [-0.4, -0.2) is 11.7 Å². The molecule has 2 unspecified atom stereocenters. The summed E-state index contributed by atoms with van der Waals surface area (Å²) in [5, 5.41) is 4.12. The average Bonchev–Trinajstić information content (AvgIpc) is 3.13. The van der Waals surface area contributed by atoms with Gasteiger partial charge >= 0.3 is 0 Å². The molecule has 2 aromatic carbocycles. The first-order chi connectivity index (χ1) is 16.2. The van der Waals surface area contributed by atoms with Crippen LogP contribution >= 0.6 is 11.6 Å². The van der Waals surface area contributed by atoms with Gasteiger partial charge in [0.05, 0.1) is 23.7 Å². The summed E-state index contributed by atoms with van der Waals surface area (Å²) in [5.74, 6) is 0.755. The number of hydrogen-bond acceptors (Lipinski definition) is 4. The van der Waals surface area contributed by atoms with Gasteiger partial charge in [0.1, 0.15) is 23.3 Å². The van der Waals surface area contributed by atoms with Crippen molar-refractivity contribution in [2.45, 2.75) is 39.7 Å². The lowest BCUT2D eigenvalue weighted by molar-refractivity contribution is -0.125. The second kappa shape index (κ2) is 8.48. The predicted molar refractivity (Wildman–Crippen MR) is 134 cm³/mol. The molecule has 2 aliphatic rings. The Morgan fingerprint density at radius 3 is 2.56 bits per heavy atom. The smallest absolute Gasteiger partial charge is 0.232 e. The first kappa shape index (κ1) is 22.5. The Labute approximate surface area is 204 Å². The number of halogens is 1. The molecule has 0 spiro atoms. The van der Waals surface area contributed by atoms with E-state index in [1.165, 1.54) is 0 Å². The number of ketones is 1. The number of fused-ring (bicyclic) bond motifs is 2. The number of carbonyl (C=O) groups is 2. The van der Waals surface area contributed by atoms with E-state index >= 15 is 0 Å². The molecule has 1 N–H and O–H groups in total. The minimum atomic E-state index is -0.598. The zero-order valence-electron chi connectivity index (χ0n) is 19.5. The number of nitrogens with zero attached hydrogens (tertiary/aromatic N) is 1. The van der Waals surface area contributed by atoms with Crippen LogP contribution < -0.4 is 10.2 Å². The van der Waals surface area contributed by atoms with Crippen molar-refractivity contribution in [1.29, 1.82) is 0 Å². The highest BCUT2D eigenvalue weighted by atomic mass is 35.5. The minimum Gasteiger partial charge on any atom is -0.464 e. The molecule has 1 aliphatic heterocycles. The summed E-state index contributed by atoms with van der Waals surface area (Å²) in [5.41, 5.74) is 2.90. The lowest BCUT2D eigenvalue weighted by atomic mass is 9.73. The van der Waals surface area contributed by atoms with Gasteiger partial charge in [-0.05, 0) is 54.3 Å². The summed E-state index contributed by atoms with van der Waals surface area (Å²) in [4.78, 5) is 29.3. The Balaban J connectivity index is 1.69. The topological polar surface area (TPSA) is 62.6 Å². The van der Waals surface area contributed by atoms with E-state index in [1.807, 2.05) is 55.5 Å². The number of para-hydroxylation sites is 2. The summed E-state index contributed by atoms with van der Waals surface area (Å²) in [6.45, 7) is 5.99. The van der Waals surface area contributed by atoms with Gasteiger partial charge in [-0.2, -0.15) is 0 Å². The standard InChI is InChI=1S/C28H27ClN2O3/c1-17-8-13-24(34-17)27-26-21(15-28(2,3)16-23(26)32)30-20-6-4-5-7-22(20)31(27)25(33)14-18-9-11-19(29)12-10-18/h4-13,15,26-27,30H,14,16H2,1-3H3. The minimum absolute atomic E-state index is 0.0890. The average molecular weight is 475 g/mol. The van der Waals surface area contributed by atoms with Gasteiger partial charge in [-0.1, -0.05) is 55.8 Å². The third kappa shape index (κ3) is 4.16. The summed E-state index contributed by atoms with van der Waals surface area (Å²) in [6.07, 6.45) is 2.70. The number of anilines is 2. The van der Waals surface area contributed by atoms with Gasteiger partial charge in [-0.3, -0.25) is 14.5 Å². The van der Waals surface area contributed by atoms with Gasteiger partial charge in [-0.25, -0.2) is 0 Å². The van der Waals surface area contributed by atoms with Gasteiger partial charge in [0, 0.05) is 17.1 Å².